The molecule has 0 radical (unpaired) electrons. The zero-order valence-corrected chi connectivity index (χ0v) is 8.25. The van der Waals surface area contributed by atoms with E-state index in [0.29, 0.717) is 0 Å². The molecule has 0 spiro atoms. The molecular formula is C10H11N3O2. The molecule has 0 amide bonds. The predicted octanol–water partition coefficient (Wildman–Crippen LogP) is 1.47. The summed E-state index contributed by atoms with van der Waals surface area (Å²) in [5, 5.41) is 10.6. The van der Waals surface area contributed by atoms with E-state index in [1.54, 1.807) is 6.07 Å². The lowest BCUT2D eigenvalue weighted by Crippen LogP contribution is -2.29. The number of nitrogens with two attached hydrogens (primary N) is 1. The third-order valence-electron chi connectivity index (χ3n) is 2.53. The van der Waals surface area contributed by atoms with Gasteiger partial charge >= 0.3 is 0 Å². The Morgan fingerprint density at radius 2 is 2.27 bits per heavy atom. The average molecular weight is 205 g/mol. The first-order chi connectivity index (χ1) is 7.09. The van der Waals surface area contributed by atoms with Crippen molar-refractivity contribution in [2.75, 3.05) is 7.05 Å². The molecule has 0 saturated heterocycles. The smallest absolute Gasteiger partial charge is 0.269 e. The highest BCUT2D eigenvalue weighted by Crippen LogP contribution is 2.28. The van der Waals surface area contributed by atoms with E-state index in [-0.39, 0.29) is 11.9 Å². The summed E-state index contributed by atoms with van der Waals surface area (Å²) >= 11 is 0. The first kappa shape index (κ1) is 9.67. The summed E-state index contributed by atoms with van der Waals surface area (Å²) in [6.07, 6.45) is 3.44. The van der Waals surface area contributed by atoms with Crippen molar-refractivity contribution in [2.24, 2.45) is 5.73 Å². The minimum Gasteiger partial charge on any atom is -0.361 e. The van der Waals surface area contributed by atoms with Crippen molar-refractivity contribution < 1.29 is 4.92 Å². The van der Waals surface area contributed by atoms with Gasteiger partial charge < -0.3 is 10.6 Å². The summed E-state index contributed by atoms with van der Waals surface area (Å²) in [5.74, 6) is 0. The second-order valence-corrected chi connectivity index (χ2v) is 3.50. The van der Waals surface area contributed by atoms with Crippen LogP contribution in [0.2, 0.25) is 0 Å². The molecule has 5 heteroatoms. The van der Waals surface area contributed by atoms with E-state index in [2.05, 4.69) is 0 Å². The third-order valence-corrected chi connectivity index (χ3v) is 2.53. The van der Waals surface area contributed by atoms with Gasteiger partial charge in [0.2, 0.25) is 0 Å². The quantitative estimate of drug-likeness (QED) is 0.556. The van der Waals surface area contributed by atoms with Crippen LogP contribution in [0.25, 0.3) is 6.08 Å². The first-order valence-electron chi connectivity index (χ1n) is 4.53. The topological polar surface area (TPSA) is 72.4 Å². The fourth-order valence-corrected chi connectivity index (χ4v) is 1.59. The second kappa shape index (κ2) is 3.36. The van der Waals surface area contributed by atoms with Gasteiger partial charge in [-0.15, -0.1) is 0 Å². The van der Waals surface area contributed by atoms with Gasteiger partial charge in [-0.1, -0.05) is 0 Å². The number of nitro groups is 1. The number of benzene rings is 1. The Hall–Kier alpha value is -1.88. The Morgan fingerprint density at radius 1 is 1.53 bits per heavy atom. The standard InChI is InChI=1S/C10H11N3O2/c1-12-5-4-7-2-3-8(13(14)15)6-9(7)10(12)11/h2-6,10H,11H2,1H3. The van der Waals surface area contributed by atoms with Gasteiger partial charge in [0.25, 0.3) is 5.69 Å². The van der Waals surface area contributed by atoms with Crippen LogP contribution < -0.4 is 5.73 Å². The van der Waals surface area contributed by atoms with E-state index in [9.17, 15) is 10.1 Å². The third kappa shape index (κ3) is 1.57. The summed E-state index contributed by atoms with van der Waals surface area (Å²) in [7, 11) is 1.84. The van der Waals surface area contributed by atoms with E-state index < -0.39 is 4.92 Å². The molecule has 0 fully saturated rings. The van der Waals surface area contributed by atoms with Gasteiger partial charge in [0.1, 0.15) is 6.17 Å². The Morgan fingerprint density at radius 3 is 2.93 bits per heavy atom. The zero-order valence-electron chi connectivity index (χ0n) is 8.25. The van der Waals surface area contributed by atoms with Crippen molar-refractivity contribution in [3.63, 3.8) is 0 Å². The Balaban J connectivity index is 2.52. The van der Waals surface area contributed by atoms with Gasteiger partial charge in [0.05, 0.1) is 4.92 Å². The maximum atomic E-state index is 10.6. The molecule has 2 N–H and O–H groups in total. The molecule has 1 heterocycles. The second-order valence-electron chi connectivity index (χ2n) is 3.50. The van der Waals surface area contributed by atoms with Crippen molar-refractivity contribution in [3.05, 3.63) is 45.6 Å². The molecule has 0 saturated carbocycles. The van der Waals surface area contributed by atoms with E-state index in [4.69, 9.17) is 5.73 Å². The molecule has 5 nitrogen and oxygen atoms in total. The van der Waals surface area contributed by atoms with Crippen LogP contribution in [0.3, 0.4) is 0 Å². The lowest BCUT2D eigenvalue weighted by atomic mass is 10.0. The van der Waals surface area contributed by atoms with E-state index in [1.165, 1.54) is 12.1 Å². The van der Waals surface area contributed by atoms with Crippen molar-refractivity contribution >= 4 is 11.8 Å². The molecule has 1 atom stereocenters. The fraction of sp³-hybridized carbons (Fsp3) is 0.200. The maximum absolute atomic E-state index is 10.6. The largest absolute Gasteiger partial charge is 0.361 e. The summed E-state index contributed by atoms with van der Waals surface area (Å²) in [5.41, 5.74) is 7.71. The molecule has 15 heavy (non-hydrogen) atoms. The number of nitro benzene ring substituents is 1. The molecule has 78 valence electrons. The monoisotopic (exact) mass is 205 g/mol. The molecule has 0 aromatic heterocycles. The Kier molecular flexibility index (Phi) is 2.17. The number of fused-ring (bicyclic) bond motifs is 1. The molecule has 1 aliphatic rings. The van der Waals surface area contributed by atoms with Crippen LogP contribution in [0.5, 0.6) is 0 Å². The molecule has 0 bridgehead atoms. The van der Waals surface area contributed by atoms with Crippen molar-refractivity contribution in [2.45, 2.75) is 6.17 Å². The number of rotatable bonds is 1. The Labute approximate surface area is 86.9 Å². The van der Waals surface area contributed by atoms with Gasteiger partial charge in [0, 0.05) is 30.9 Å². The lowest BCUT2D eigenvalue weighted by molar-refractivity contribution is -0.385. The van der Waals surface area contributed by atoms with Crippen LogP contribution in [0.15, 0.2) is 24.4 Å². The van der Waals surface area contributed by atoms with Gasteiger partial charge in [-0.2, -0.15) is 0 Å². The average Bonchev–Trinajstić information content (AvgIpc) is 2.23. The molecule has 2 rings (SSSR count). The highest BCUT2D eigenvalue weighted by Gasteiger charge is 2.19. The summed E-state index contributed by atoms with van der Waals surface area (Å²) in [6.45, 7) is 0. The van der Waals surface area contributed by atoms with Crippen LogP contribution in [0.4, 0.5) is 5.69 Å². The molecular weight excluding hydrogens is 194 g/mol. The van der Waals surface area contributed by atoms with Crippen molar-refractivity contribution in [3.8, 4) is 0 Å². The summed E-state index contributed by atoms with van der Waals surface area (Å²) in [6, 6.07) is 4.73. The van der Waals surface area contributed by atoms with Crippen LogP contribution >= 0.6 is 0 Å². The zero-order chi connectivity index (χ0) is 11.0. The van der Waals surface area contributed by atoms with Crippen LogP contribution in [-0.4, -0.2) is 16.9 Å². The molecule has 1 aromatic rings. The van der Waals surface area contributed by atoms with Crippen molar-refractivity contribution in [1.29, 1.82) is 0 Å². The predicted molar refractivity (Wildman–Crippen MR) is 56.8 cm³/mol. The normalized spacial score (nSPS) is 18.8. The highest BCUT2D eigenvalue weighted by molar-refractivity contribution is 5.59. The van der Waals surface area contributed by atoms with E-state index in [1.807, 2.05) is 24.2 Å². The van der Waals surface area contributed by atoms with Gasteiger partial charge in [-0.3, -0.25) is 10.1 Å². The molecule has 0 aliphatic carbocycles. The van der Waals surface area contributed by atoms with Crippen LogP contribution in [-0.2, 0) is 0 Å². The SMILES string of the molecule is CN1C=Cc2ccc([N+](=O)[O-])cc2C1N. The molecule has 1 aliphatic heterocycles. The molecule has 1 unspecified atom stereocenters. The minimum absolute atomic E-state index is 0.0768. The first-order valence-corrected chi connectivity index (χ1v) is 4.53. The maximum Gasteiger partial charge on any atom is 0.269 e. The van der Waals surface area contributed by atoms with E-state index >= 15 is 0 Å². The highest BCUT2D eigenvalue weighted by atomic mass is 16.6. The van der Waals surface area contributed by atoms with Crippen LogP contribution in [0, 0.1) is 10.1 Å². The minimum atomic E-state index is -0.411. The number of hydrogen-bond acceptors (Lipinski definition) is 4. The van der Waals surface area contributed by atoms with Gasteiger partial charge in [-0.25, -0.2) is 0 Å². The van der Waals surface area contributed by atoms with E-state index in [0.717, 1.165) is 11.1 Å². The molecule has 1 aromatic carbocycles. The fourth-order valence-electron chi connectivity index (χ4n) is 1.59. The van der Waals surface area contributed by atoms with Crippen LogP contribution in [0.1, 0.15) is 17.3 Å². The number of nitrogens with zero attached hydrogens (tertiary/aromatic N) is 2. The van der Waals surface area contributed by atoms with Crippen molar-refractivity contribution in [1.82, 2.24) is 4.90 Å². The summed E-state index contributed by atoms with van der Waals surface area (Å²) in [4.78, 5) is 12.0. The van der Waals surface area contributed by atoms with Gasteiger partial charge in [0.15, 0.2) is 0 Å². The lowest BCUT2D eigenvalue weighted by Gasteiger charge is -2.28. The number of hydrogen-bond donors (Lipinski definition) is 1. The number of non-ortho nitro benzene ring substituents is 1. The van der Waals surface area contributed by atoms with Gasteiger partial charge in [-0.05, 0) is 17.7 Å². The Bertz CT molecular complexity index is 442. The summed E-state index contributed by atoms with van der Waals surface area (Å²) < 4.78 is 0.